The summed E-state index contributed by atoms with van der Waals surface area (Å²) < 4.78 is 30.2. The molecule has 0 amide bonds. The van der Waals surface area contributed by atoms with Crippen LogP contribution in [-0.4, -0.2) is 19.9 Å². The van der Waals surface area contributed by atoms with Gasteiger partial charge in [0.25, 0.3) is 0 Å². The first-order valence-corrected chi connectivity index (χ1v) is 10.1. The minimum atomic E-state index is -1.95. The number of aromatic nitrogens is 4. The summed E-state index contributed by atoms with van der Waals surface area (Å²) in [5, 5.41) is 3.47. The van der Waals surface area contributed by atoms with Gasteiger partial charge in [-0.3, -0.25) is 10.3 Å². The first-order valence-electron chi connectivity index (χ1n) is 10.1. The second-order valence-corrected chi connectivity index (χ2v) is 7.42. The predicted molar refractivity (Wildman–Crippen MR) is 117 cm³/mol. The number of nitrogens with zero attached hydrogens (tertiary/aromatic N) is 4. The number of ether oxygens (including phenoxy) is 1. The Labute approximate surface area is 188 Å². The Bertz CT molecular complexity index is 1330. The maximum Gasteiger partial charge on any atom is 0.305 e. The Morgan fingerprint density at radius 3 is 2.61 bits per heavy atom. The van der Waals surface area contributed by atoms with Crippen molar-refractivity contribution in [2.75, 3.05) is 0 Å². The van der Waals surface area contributed by atoms with Gasteiger partial charge >= 0.3 is 6.08 Å². The number of fused-ring (bicyclic) bond motifs is 1. The van der Waals surface area contributed by atoms with E-state index in [4.69, 9.17) is 10.5 Å². The maximum atomic E-state index is 12.6. The van der Waals surface area contributed by atoms with Crippen molar-refractivity contribution in [1.29, 1.82) is 0 Å². The SMILES string of the molecule is NC1NC(c2cccc(-c3cncnc3)c2)(c2ccnc(OC=C(F)F)c2)c2cccnc21. The van der Waals surface area contributed by atoms with Crippen LogP contribution in [-0.2, 0) is 5.54 Å². The van der Waals surface area contributed by atoms with Gasteiger partial charge in [-0.25, -0.2) is 15.0 Å². The molecule has 2 atom stereocenters. The summed E-state index contributed by atoms with van der Waals surface area (Å²) in [7, 11) is 0. The van der Waals surface area contributed by atoms with Crippen LogP contribution in [0.1, 0.15) is 28.6 Å². The zero-order valence-electron chi connectivity index (χ0n) is 17.2. The van der Waals surface area contributed by atoms with Gasteiger partial charge in [0.2, 0.25) is 5.88 Å². The van der Waals surface area contributed by atoms with Gasteiger partial charge in [0.1, 0.15) is 12.5 Å². The summed E-state index contributed by atoms with van der Waals surface area (Å²) in [4.78, 5) is 16.8. The molecule has 9 heteroatoms. The molecule has 1 aliphatic rings. The average molecular weight is 444 g/mol. The van der Waals surface area contributed by atoms with Crippen LogP contribution in [0.15, 0.2) is 92.0 Å². The summed E-state index contributed by atoms with van der Waals surface area (Å²) in [5.41, 5.74) is 10.4. The van der Waals surface area contributed by atoms with Crippen molar-refractivity contribution < 1.29 is 13.5 Å². The molecule has 1 aliphatic heterocycles. The Hall–Kier alpha value is -4.08. The number of nitrogens with two attached hydrogens (primary N) is 1. The van der Waals surface area contributed by atoms with Crippen molar-refractivity contribution in [2.24, 2.45) is 5.73 Å². The van der Waals surface area contributed by atoms with Crippen LogP contribution in [0.5, 0.6) is 5.88 Å². The number of hydrogen-bond acceptors (Lipinski definition) is 7. The molecule has 33 heavy (non-hydrogen) atoms. The second kappa shape index (κ2) is 8.45. The highest BCUT2D eigenvalue weighted by molar-refractivity contribution is 5.65. The Kier molecular flexibility index (Phi) is 5.33. The molecule has 2 unspecified atom stereocenters. The molecule has 7 nitrogen and oxygen atoms in total. The van der Waals surface area contributed by atoms with E-state index >= 15 is 0 Å². The van der Waals surface area contributed by atoms with Crippen LogP contribution in [0.3, 0.4) is 0 Å². The van der Waals surface area contributed by atoms with Gasteiger partial charge in [-0.1, -0.05) is 24.3 Å². The van der Waals surface area contributed by atoms with Crippen LogP contribution >= 0.6 is 0 Å². The zero-order chi connectivity index (χ0) is 22.8. The molecule has 0 radical (unpaired) electrons. The monoisotopic (exact) mass is 444 g/mol. The normalized spacial score (nSPS) is 19.1. The molecular formula is C24H18F2N6O. The van der Waals surface area contributed by atoms with Crippen LogP contribution in [0.4, 0.5) is 8.78 Å². The Morgan fingerprint density at radius 1 is 0.970 bits per heavy atom. The molecule has 5 rings (SSSR count). The number of pyridine rings is 2. The third-order valence-corrected chi connectivity index (χ3v) is 5.54. The van der Waals surface area contributed by atoms with Gasteiger partial charge in [0.15, 0.2) is 6.26 Å². The first-order chi connectivity index (χ1) is 16.1. The predicted octanol–water partition coefficient (Wildman–Crippen LogP) is 3.90. The third kappa shape index (κ3) is 3.73. The summed E-state index contributed by atoms with van der Waals surface area (Å²) in [6, 6.07) is 15.1. The van der Waals surface area contributed by atoms with Crippen molar-refractivity contribution in [3.63, 3.8) is 0 Å². The van der Waals surface area contributed by atoms with E-state index in [0.717, 1.165) is 22.3 Å². The molecule has 1 aromatic carbocycles. The third-order valence-electron chi connectivity index (χ3n) is 5.54. The van der Waals surface area contributed by atoms with Crippen molar-refractivity contribution in [1.82, 2.24) is 25.3 Å². The highest BCUT2D eigenvalue weighted by Crippen LogP contribution is 2.45. The summed E-state index contributed by atoms with van der Waals surface area (Å²) in [5.74, 6) is 0.0278. The van der Waals surface area contributed by atoms with Crippen molar-refractivity contribution in [3.05, 3.63) is 114 Å². The van der Waals surface area contributed by atoms with E-state index in [9.17, 15) is 8.78 Å². The lowest BCUT2D eigenvalue weighted by Gasteiger charge is -2.33. The Morgan fingerprint density at radius 2 is 1.79 bits per heavy atom. The molecule has 0 spiro atoms. The molecule has 0 fully saturated rings. The highest BCUT2D eigenvalue weighted by Gasteiger charge is 2.46. The molecule has 3 aromatic heterocycles. The lowest BCUT2D eigenvalue weighted by atomic mass is 9.78. The number of rotatable bonds is 5. The highest BCUT2D eigenvalue weighted by atomic mass is 19.3. The second-order valence-electron chi connectivity index (χ2n) is 7.42. The van der Waals surface area contributed by atoms with Crippen molar-refractivity contribution >= 4 is 0 Å². The average Bonchev–Trinajstić information content (AvgIpc) is 3.17. The van der Waals surface area contributed by atoms with Gasteiger partial charge in [-0.05, 0) is 34.9 Å². The van der Waals surface area contributed by atoms with Crippen molar-refractivity contribution in [2.45, 2.75) is 11.7 Å². The van der Waals surface area contributed by atoms with Gasteiger partial charge in [-0.15, -0.1) is 0 Å². The van der Waals surface area contributed by atoms with E-state index in [1.54, 1.807) is 30.7 Å². The summed E-state index contributed by atoms with van der Waals surface area (Å²) >= 11 is 0. The van der Waals surface area contributed by atoms with Gasteiger partial charge in [0.05, 0.1) is 11.2 Å². The van der Waals surface area contributed by atoms with E-state index in [-0.39, 0.29) is 5.88 Å². The fourth-order valence-corrected chi connectivity index (χ4v) is 4.20. The smallest absolute Gasteiger partial charge is 0.305 e. The first kappa shape index (κ1) is 20.8. The molecule has 3 N–H and O–H groups in total. The van der Waals surface area contributed by atoms with Gasteiger partial charge < -0.3 is 10.5 Å². The molecule has 0 aliphatic carbocycles. The van der Waals surface area contributed by atoms with Crippen LogP contribution in [0.25, 0.3) is 11.1 Å². The topological polar surface area (TPSA) is 98.8 Å². The van der Waals surface area contributed by atoms with Crippen LogP contribution in [0, 0.1) is 0 Å². The molecule has 0 saturated heterocycles. The fourth-order valence-electron chi connectivity index (χ4n) is 4.20. The van der Waals surface area contributed by atoms with Gasteiger partial charge in [0, 0.05) is 42.0 Å². The van der Waals surface area contributed by atoms with E-state index in [1.165, 1.54) is 12.5 Å². The quantitative estimate of drug-likeness (QED) is 0.451. The molecular weight excluding hydrogens is 426 g/mol. The molecule has 4 heterocycles. The minimum absolute atomic E-state index is 0.0278. The van der Waals surface area contributed by atoms with Crippen LogP contribution < -0.4 is 15.8 Å². The van der Waals surface area contributed by atoms with E-state index in [0.29, 0.717) is 17.5 Å². The van der Waals surface area contributed by atoms with E-state index in [1.807, 2.05) is 36.4 Å². The number of nitrogens with one attached hydrogen (secondary N) is 1. The number of halogens is 2. The summed E-state index contributed by atoms with van der Waals surface area (Å²) in [6.45, 7) is 0. The zero-order valence-corrected chi connectivity index (χ0v) is 17.2. The standard InChI is InChI=1S/C24H18F2N6O/c25-20(26)13-33-21-10-18(6-8-30-21)24(19-5-2-7-31-22(19)23(27)32-24)17-4-1-3-15(9-17)16-11-28-14-29-12-16/h1-14,23,32H,27H2. The van der Waals surface area contributed by atoms with E-state index in [2.05, 4.69) is 25.3 Å². The lowest BCUT2D eigenvalue weighted by Crippen LogP contribution is -2.42. The van der Waals surface area contributed by atoms with Crippen LogP contribution in [0.2, 0.25) is 0 Å². The fraction of sp³-hybridized carbons (Fsp3) is 0.0833. The lowest BCUT2D eigenvalue weighted by molar-refractivity contribution is 0.358. The van der Waals surface area contributed by atoms with E-state index < -0.39 is 17.8 Å². The minimum Gasteiger partial charge on any atom is -0.441 e. The number of hydrogen-bond donors (Lipinski definition) is 2. The molecule has 4 aromatic rings. The number of benzene rings is 1. The largest absolute Gasteiger partial charge is 0.441 e. The molecule has 0 saturated carbocycles. The summed E-state index contributed by atoms with van der Waals surface area (Å²) in [6.07, 6.45) is 5.99. The Balaban J connectivity index is 1.72. The van der Waals surface area contributed by atoms with Crippen molar-refractivity contribution in [3.8, 4) is 17.0 Å². The molecule has 0 bridgehead atoms. The maximum absolute atomic E-state index is 12.6. The molecule has 164 valence electrons. The van der Waals surface area contributed by atoms with Gasteiger partial charge in [-0.2, -0.15) is 8.78 Å².